The van der Waals surface area contributed by atoms with E-state index in [0.29, 0.717) is 0 Å². The third-order valence-corrected chi connectivity index (χ3v) is 3.52. The molecule has 0 aliphatic heterocycles. The lowest BCUT2D eigenvalue weighted by molar-refractivity contribution is 0.672. The van der Waals surface area contributed by atoms with Crippen LogP contribution in [-0.2, 0) is 0 Å². The summed E-state index contributed by atoms with van der Waals surface area (Å²) < 4.78 is 6.01. The van der Waals surface area contributed by atoms with Gasteiger partial charge in [0.25, 0.3) is 0 Å². The zero-order valence-electron chi connectivity index (χ0n) is 10.1. The summed E-state index contributed by atoms with van der Waals surface area (Å²) in [6, 6.07) is 19.0. The highest BCUT2D eigenvalue weighted by Crippen LogP contribution is 2.33. The average Bonchev–Trinajstić information content (AvgIpc) is 2.77. The van der Waals surface area contributed by atoms with Gasteiger partial charge < -0.3 is 4.42 Å². The molecular formula is C17H12O. The summed E-state index contributed by atoms with van der Waals surface area (Å²) in [5.74, 6) is 0. The lowest BCUT2D eigenvalue weighted by Gasteiger charge is -1.99. The minimum Gasteiger partial charge on any atom is -0.455 e. The molecule has 0 N–H and O–H groups in total. The molecule has 0 aliphatic carbocycles. The number of para-hydroxylation sites is 1. The zero-order valence-corrected chi connectivity index (χ0v) is 10.1. The van der Waals surface area contributed by atoms with Crippen LogP contribution in [0, 0.1) is 6.92 Å². The van der Waals surface area contributed by atoms with Crippen LogP contribution in [-0.4, -0.2) is 0 Å². The fourth-order valence-corrected chi connectivity index (χ4v) is 2.63. The fourth-order valence-electron chi connectivity index (χ4n) is 2.63. The number of furan rings is 1. The molecule has 0 radical (unpaired) electrons. The maximum atomic E-state index is 6.01. The summed E-state index contributed by atoms with van der Waals surface area (Å²) >= 11 is 0. The van der Waals surface area contributed by atoms with Gasteiger partial charge in [0.15, 0.2) is 0 Å². The van der Waals surface area contributed by atoms with Crippen molar-refractivity contribution in [2.75, 3.05) is 0 Å². The minimum atomic E-state index is 0.959. The first-order chi connectivity index (χ1) is 8.83. The molecule has 1 aromatic heterocycles. The van der Waals surface area contributed by atoms with E-state index in [2.05, 4.69) is 49.4 Å². The first-order valence-corrected chi connectivity index (χ1v) is 6.13. The van der Waals surface area contributed by atoms with Crippen molar-refractivity contribution in [3.8, 4) is 0 Å². The van der Waals surface area contributed by atoms with Crippen molar-refractivity contribution in [1.82, 2.24) is 0 Å². The maximum absolute atomic E-state index is 6.01. The third-order valence-electron chi connectivity index (χ3n) is 3.52. The molecule has 0 amide bonds. The lowest BCUT2D eigenvalue weighted by Crippen LogP contribution is -1.76. The zero-order chi connectivity index (χ0) is 12.1. The number of hydrogen-bond acceptors (Lipinski definition) is 1. The Morgan fingerprint density at radius 2 is 1.61 bits per heavy atom. The SMILES string of the molecule is Cc1ccc2c(ccc3c4ccccc4oc23)c1. The van der Waals surface area contributed by atoms with E-state index in [1.807, 2.05) is 12.1 Å². The molecule has 4 aromatic rings. The minimum absolute atomic E-state index is 0.959. The number of fused-ring (bicyclic) bond motifs is 5. The van der Waals surface area contributed by atoms with Gasteiger partial charge in [-0.15, -0.1) is 0 Å². The van der Waals surface area contributed by atoms with Gasteiger partial charge in [-0.25, -0.2) is 0 Å². The predicted octanol–water partition coefficient (Wildman–Crippen LogP) is 5.05. The summed E-state index contributed by atoms with van der Waals surface area (Å²) in [5.41, 5.74) is 3.23. The molecule has 0 saturated heterocycles. The van der Waals surface area contributed by atoms with E-state index in [-0.39, 0.29) is 0 Å². The average molecular weight is 232 g/mol. The Morgan fingerprint density at radius 1 is 0.778 bits per heavy atom. The molecule has 4 rings (SSSR count). The lowest BCUT2D eigenvalue weighted by atomic mass is 10.0. The van der Waals surface area contributed by atoms with E-state index >= 15 is 0 Å². The Labute approximate surface area is 105 Å². The molecule has 0 spiro atoms. The van der Waals surface area contributed by atoms with Crippen molar-refractivity contribution < 1.29 is 4.42 Å². The Kier molecular flexibility index (Phi) is 1.81. The van der Waals surface area contributed by atoms with Crippen molar-refractivity contribution in [3.05, 3.63) is 60.2 Å². The van der Waals surface area contributed by atoms with Crippen LogP contribution in [0.3, 0.4) is 0 Å². The van der Waals surface area contributed by atoms with Crippen LogP contribution < -0.4 is 0 Å². The fraction of sp³-hybridized carbons (Fsp3) is 0.0588. The molecule has 0 atom stereocenters. The Hall–Kier alpha value is -2.28. The number of aryl methyl sites for hydroxylation is 1. The number of benzene rings is 3. The van der Waals surface area contributed by atoms with E-state index in [0.717, 1.165) is 11.2 Å². The molecular weight excluding hydrogens is 220 g/mol. The van der Waals surface area contributed by atoms with Gasteiger partial charge in [-0.2, -0.15) is 0 Å². The summed E-state index contributed by atoms with van der Waals surface area (Å²) in [6.45, 7) is 2.11. The van der Waals surface area contributed by atoms with Gasteiger partial charge >= 0.3 is 0 Å². The second-order valence-corrected chi connectivity index (χ2v) is 4.77. The summed E-state index contributed by atoms with van der Waals surface area (Å²) in [5, 5.41) is 4.81. The molecule has 0 saturated carbocycles. The van der Waals surface area contributed by atoms with Gasteiger partial charge in [0.1, 0.15) is 11.2 Å². The standard InChI is InChI=1S/C17H12O/c1-11-6-8-13-12(10-11)7-9-15-14-4-2-3-5-16(14)18-17(13)15/h2-10H,1H3. The second-order valence-electron chi connectivity index (χ2n) is 4.77. The molecule has 86 valence electrons. The van der Waals surface area contributed by atoms with Crippen LogP contribution in [0.1, 0.15) is 5.56 Å². The van der Waals surface area contributed by atoms with Gasteiger partial charge in [-0.3, -0.25) is 0 Å². The van der Waals surface area contributed by atoms with Gasteiger partial charge in [-0.05, 0) is 24.4 Å². The van der Waals surface area contributed by atoms with Crippen LogP contribution in [0.4, 0.5) is 0 Å². The van der Waals surface area contributed by atoms with Crippen molar-refractivity contribution in [2.45, 2.75) is 6.92 Å². The molecule has 0 fully saturated rings. The van der Waals surface area contributed by atoms with Crippen LogP contribution in [0.25, 0.3) is 32.7 Å². The largest absolute Gasteiger partial charge is 0.455 e. The quantitative estimate of drug-likeness (QED) is 0.413. The molecule has 0 bridgehead atoms. The van der Waals surface area contributed by atoms with Crippen molar-refractivity contribution in [1.29, 1.82) is 0 Å². The number of rotatable bonds is 0. The first kappa shape index (κ1) is 9.72. The maximum Gasteiger partial charge on any atom is 0.143 e. The Morgan fingerprint density at radius 3 is 2.56 bits per heavy atom. The normalized spacial score (nSPS) is 11.6. The highest BCUT2D eigenvalue weighted by molar-refractivity contribution is 6.14. The predicted molar refractivity (Wildman–Crippen MR) is 76.0 cm³/mol. The van der Waals surface area contributed by atoms with Crippen molar-refractivity contribution >= 4 is 32.7 Å². The van der Waals surface area contributed by atoms with E-state index in [4.69, 9.17) is 4.42 Å². The second kappa shape index (κ2) is 3.36. The van der Waals surface area contributed by atoms with Crippen LogP contribution in [0.15, 0.2) is 59.0 Å². The molecule has 18 heavy (non-hydrogen) atoms. The first-order valence-electron chi connectivity index (χ1n) is 6.13. The Bertz CT molecular complexity index is 884. The van der Waals surface area contributed by atoms with Crippen LogP contribution in [0.5, 0.6) is 0 Å². The molecule has 3 aromatic carbocycles. The smallest absolute Gasteiger partial charge is 0.143 e. The van der Waals surface area contributed by atoms with Gasteiger partial charge in [0, 0.05) is 16.2 Å². The van der Waals surface area contributed by atoms with Gasteiger partial charge in [-0.1, -0.05) is 48.0 Å². The highest BCUT2D eigenvalue weighted by Gasteiger charge is 2.09. The summed E-state index contributed by atoms with van der Waals surface area (Å²) in [4.78, 5) is 0. The van der Waals surface area contributed by atoms with E-state index in [1.54, 1.807) is 0 Å². The molecule has 1 heterocycles. The van der Waals surface area contributed by atoms with Crippen molar-refractivity contribution in [3.63, 3.8) is 0 Å². The van der Waals surface area contributed by atoms with E-state index in [9.17, 15) is 0 Å². The topological polar surface area (TPSA) is 13.1 Å². The summed E-state index contributed by atoms with van der Waals surface area (Å²) in [7, 11) is 0. The van der Waals surface area contributed by atoms with E-state index < -0.39 is 0 Å². The van der Waals surface area contributed by atoms with Crippen molar-refractivity contribution in [2.24, 2.45) is 0 Å². The molecule has 1 heteroatoms. The molecule has 1 nitrogen and oxygen atoms in total. The van der Waals surface area contributed by atoms with Gasteiger partial charge in [0.2, 0.25) is 0 Å². The van der Waals surface area contributed by atoms with Crippen LogP contribution in [0.2, 0.25) is 0 Å². The third kappa shape index (κ3) is 1.22. The Balaban J connectivity index is 2.28. The highest BCUT2D eigenvalue weighted by atomic mass is 16.3. The van der Waals surface area contributed by atoms with Crippen LogP contribution >= 0.6 is 0 Å². The summed E-state index contributed by atoms with van der Waals surface area (Å²) in [6.07, 6.45) is 0. The monoisotopic (exact) mass is 232 g/mol. The molecule has 0 aliphatic rings. The molecule has 0 unspecified atom stereocenters. The van der Waals surface area contributed by atoms with E-state index in [1.165, 1.54) is 27.1 Å². The number of hydrogen-bond donors (Lipinski definition) is 0. The van der Waals surface area contributed by atoms with Gasteiger partial charge in [0.05, 0.1) is 0 Å².